The highest BCUT2D eigenvalue weighted by Gasteiger charge is 2.30. The zero-order valence-corrected chi connectivity index (χ0v) is 24.5. The van der Waals surface area contributed by atoms with E-state index in [2.05, 4.69) is 38.9 Å². The fourth-order valence-corrected chi connectivity index (χ4v) is 5.04. The number of ether oxygens (including phenoxy) is 2. The number of benzene rings is 2. The second kappa shape index (κ2) is 12.6. The number of hydrogen-bond acceptors (Lipinski definition) is 10. The zero-order chi connectivity index (χ0) is 31.5. The molecule has 11 nitrogen and oxygen atoms in total. The smallest absolute Gasteiger partial charge is 0.247 e. The minimum absolute atomic E-state index is 0.119. The van der Waals surface area contributed by atoms with Gasteiger partial charge in [0.25, 0.3) is 0 Å². The molecule has 1 aliphatic rings. The van der Waals surface area contributed by atoms with Gasteiger partial charge in [0.15, 0.2) is 34.5 Å². The first-order valence-electron chi connectivity index (χ1n) is 13.8. The number of nitrogen functional groups attached to an aromatic ring is 1. The summed E-state index contributed by atoms with van der Waals surface area (Å²) >= 11 is 0. The van der Waals surface area contributed by atoms with Gasteiger partial charge in [0.1, 0.15) is 11.4 Å². The predicted molar refractivity (Wildman–Crippen MR) is 164 cm³/mol. The van der Waals surface area contributed by atoms with E-state index in [4.69, 9.17) is 19.6 Å². The third-order valence-corrected chi connectivity index (χ3v) is 7.51. The number of nitrogens with one attached hydrogen (secondary N) is 2. The Morgan fingerprint density at radius 2 is 1.75 bits per heavy atom. The van der Waals surface area contributed by atoms with Crippen LogP contribution >= 0.6 is 0 Å². The SMILES string of the molecule is C=CC(=O)Nc1cc(N2CCN(CC)CC2)ccc1Nc1cc2c(N)c(C(=O)c3c(F)c(OC)cc(OC)c3F)oc2cn1. The van der Waals surface area contributed by atoms with E-state index in [9.17, 15) is 9.59 Å². The van der Waals surface area contributed by atoms with Crippen molar-refractivity contribution >= 4 is 51.2 Å². The normalized spacial score (nSPS) is 13.5. The van der Waals surface area contributed by atoms with Crippen molar-refractivity contribution in [2.24, 2.45) is 0 Å². The Labute approximate surface area is 252 Å². The number of amides is 1. The summed E-state index contributed by atoms with van der Waals surface area (Å²) in [5, 5.41) is 6.28. The molecule has 0 saturated carbocycles. The number of nitrogens with zero attached hydrogens (tertiary/aromatic N) is 3. The van der Waals surface area contributed by atoms with E-state index < -0.39 is 28.7 Å². The molecule has 1 fully saturated rings. The van der Waals surface area contributed by atoms with Crippen LogP contribution in [-0.2, 0) is 4.79 Å². The zero-order valence-electron chi connectivity index (χ0n) is 24.5. The number of fused-ring (bicyclic) bond motifs is 1. The Morgan fingerprint density at radius 1 is 1.07 bits per heavy atom. The predicted octanol–water partition coefficient (Wildman–Crippen LogP) is 4.95. The summed E-state index contributed by atoms with van der Waals surface area (Å²) in [6, 6.07) is 8.16. The quantitative estimate of drug-likeness (QED) is 0.168. The Hall–Kier alpha value is -5.17. The van der Waals surface area contributed by atoms with Crippen molar-refractivity contribution in [3.8, 4) is 11.5 Å². The van der Waals surface area contributed by atoms with Gasteiger partial charge < -0.3 is 40.1 Å². The molecule has 1 aliphatic heterocycles. The molecular formula is C31H32F2N6O5. The molecule has 13 heteroatoms. The maximum absolute atomic E-state index is 15.0. The number of methoxy groups -OCH3 is 2. The second-order valence-corrected chi connectivity index (χ2v) is 9.99. The Balaban J connectivity index is 1.47. The highest BCUT2D eigenvalue weighted by molar-refractivity contribution is 6.15. The van der Waals surface area contributed by atoms with E-state index in [1.54, 1.807) is 0 Å². The fraction of sp³-hybridized carbons (Fsp3) is 0.258. The van der Waals surface area contributed by atoms with Gasteiger partial charge in [0.2, 0.25) is 11.7 Å². The van der Waals surface area contributed by atoms with Crippen molar-refractivity contribution in [2.45, 2.75) is 6.92 Å². The molecule has 0 radical (unpaired) electrons. The third-order valence-electron chi connectivity index (χ3n) is 7.51. The average Bonchev–Trinajstić information content (AvgIpc) is 3.37. The topological polar surface area (TPSA) is 135 Å². The lowest BCUT2D eigenvalue weighted by atomic mass is 10.0. The van der Waals surface area contributed by atoms with Crippen molar-refractivity contribution in [2.75, 3.05) is 68.2 Å². The van der Waals surface area contributed by atoms with Crippen molar-refractivity contribution in [3.05, 3.63) is 72.1 Å². The molecule has 4 aromatic rings. The lowest BCUT2D eigenvalue weighted by Gasteiger charge is -2.35. The minimum atomic E-state index is -1.22. The first kappa shape index (κ1) is 30.3. The molecule has 2 aromatic carbocycles. The second-order valence-electron chi connectivity index (χ2n) is 9.99. The number of piperazine rings is 1. The van der Waals surface area contributed by atoms with Crippen molar-refractivity contribution < 1.29 is 32.3 Å². The fourth-order valence-electron chi connectivity index (χ4n) is 5.04. The summed E-state index contributed by atoms with van der Waals surface area (Å²) in [5.74, 6) is -4.90. The van der Waals surface area contributed by atoms with E-state index in [1.807, 2.05) is 18.2 Å². The molecule has 0 spiro atoms. The van der Waals surface area contributed by atoms with Crippen molar-refractivity contribution in [1.29, 1.82) is 0 Å². The minimum Gasteiger partial charge on any atom is -0.494 e. The summed E-state index contributed by atoms with van der Waals surface area (Å²) in [5.41, 5.74) is 7.29. The molecule has 0 aliphatic carbocycles. The molecule has 230 valence electrons. The van der Waals surface area contributed by atoms with Crippen LogP contribution in [0.25, 0.3) is 11.0 Å². The van der Waals surface area contributed by atoms with E-state index in [-0.39, 0.29) is 34.1 Å². The number of aromatic nitrogens is 1. The molecule has 0 unspecified atom stereocenters. The van der Waals surface area contributed by atoms with Crippen LogP contribution in [0.2, 0.25) is 0 Å². The number of halogens is 2. The summed E-state index contributed by atoms with van der Waals surface area (Å²) in [6.07, 6.45) is 2.50. The lowest BCUT2D eigenvalue weighted by molar-refractivity contribution is -0.111. The van der Waals surface area contributed by atoms with Crippen LogP contribution in [0.5, 0.6) is 11.5 Å². The van der Waals surface area contributed by atoms with Gasteiger partial charge in [-0.3, -0.25) is 9.59 Å². The van der Waals surface area contributed by atoms with E-state index in [0.29, 0.717) is 17.2 Å². The number of likely N-dealkylation sites (N-methyl/N-ethyl adjacent to an activating group) is 1. The highest BCUT2D eigenvalue weighted by atomic mass is 19.1. The van der Waals surface area contributed by atoms with Crippen LogP contribution in [0, 0.1) is 11.6 Å². The van der Waals surface area contributed by atoms with Gasteiger partial charge in [-0.05, 0) is 36.9 Å². The maximum atomic E-state index is 15.0. The number of anilines is 5. The molecule has 44 heavy (non-hydrogen) atoms. The molecule has 1 saturated heterocycles. The van der Waals surface area contributed by atoms with E-state index in [1.165, 1.54) is 32.6 Å². The molecule has 4 N–H and O–H groups in total. The third kappa shape index (κ3) is 5.73. The van der Waals surface area contributed by atoms with Crippen LogP contribution < -0.4 is 30.7 Å². The largest absolute Gasteiger partial charge is 0.494 e. The highest BCUT2D eigenvalue weighted by Crippen LogP contribution is 2.37. The standard InChI is InChI=1S/C31H32F2N6O5/c1-5-25(40)37-20-13-17(39-11-9-38(6-2)10-12-39)7-8-19(20)36-24-14-18-23(16-35-24)44-31(29(18)34)30(41)26-27(32)21(42-3)15-22(43-4)28(26)33/h5,7-8,13-16H,1,6,9-12,34H2,2-4H3,(H,35,36)(H,37,40). The molecule has 0 bridgehead atoms. The van der Waals surface area contributed by atoms with Crippen LogP contribution in [0.3, 0.4) is 0 Å². The van der Waals surface area contributed by atoms with Crippen LogP contribution in [0.4, 0.5) is 37.3 Å². The lowest BCUT2D eigenvalue weighted by Crippen LogP contribution is -2.46. The van der Waals surface area contributed by atoms with Gasteiger partial charge in [-0.2, -0.15) is 0 Å². The number of furan rings is 1. The van der Waals surface area contributed by atoms with Crippen molar-refractivity contribution in [1.82, 2.24) is 9.88 Å². The van der Waals surface area contributed by atoms with Gasteiger partial charge in [0, 0.05) is 43.3 Å². The first-order chi connectivity index (χ1) is 21.2. The maximum Gasteiger partial charge on any atom is 0.247 e. The average molecular weight is 607 g/mol. The van der Waals surface area contributed by atoms with Crippen LogP contribution in [0.1, 0.15) is 23.0 Å². The summed E-state index contributed by atoms with van der Waals surface area (Å²) in [6.45, 7) is 10.3. The molecule has 2 aromatic heterocycles. The number of carbonyl (C=O) groups is 2. The molecule has 5 rings (SSSR count). The van der Waals surface area contributed by atoms with Gasteiger partial charge in [-0.15, -0.1) is 0 Å². The van der Waals surface area contributed by atoms with Gasteiger partial charge in [-0.1, -0.05) is 13.5 Å². The number of ketones is 1. The number of hydrogen-bond donors (Lipinski definition) is 3. The van der Waals surface area contributed by atoms with E-state index in [0.717, 1.165) is 44.5 Å². The van der Waals surface area contributed by atoms with E-state index >= 15 is 8.78 Å². The van der Waals surface area contributed by atoms with Crippen LogP contribution in [0.15, 0.2) is 53.6 Å². The van der Waals surface area contributed by atoms with Gasteiger partial charge in [-0.25, -0.2) is 13.8 Å². The number of pyridine rings is 1. The molecule has 0 atom stereocenters. The number of carbonyl (C=O) groups excluding carboxylic acids is 2. The monoisotopic (exact) mass is 606 g/mol. The van der Waals surface area contributed by atoms with Gasteiger partial charge >= 0.3 is 0 Å². The molecule has 1 amide bonds. The first-order valence-corrected chi connectivity index (χ1v) is 13.8. The molecular weight excluding hydrogens is 574 g/mol. The van der Waals surface area contributed by atoms with Crippen molar-refractivity contribution in [3.63, 3.8) is 0 Å². The Morgan fingerprint density at radius 3 is 2.36 bits per heavy atom. The Kier molecular flexibility index (Phi) is 8.67. The van der Waals surface area contributed by atoms with Gasteiger partial charge in [0.05, 0.1) is 37.5 Å². The summed E-state index contributed by atoms with van der Waals surface area (Å²) in [4.78, 5) is 34.5. The summed E-state index contributed by atoms with van der Waals surface area (Å²) < 4.78 is 45.5. The molecule has 3 heterocycles. The summed E-state index contributed by atoms with van der Waals surface area (Å²) in [7, 11) is 2.35. The number of nitrogens with two attached hydrogens (primary N) is 1. The Bertz CT molecular complexity index is 1720. The number of rotatable bonds is 10. The van der Waals surface area contributed by atoms with Crippen LogP contribution in [-0.4, -0.2) is 68.5 Å².